The average Bonchev–Trinajstić information content (AvgIpc) is 2.27. The monoisotopic (exact) mass is 212 g/mol. The first kappa shape index (κ1) is 11.2. The minimum atomic E-state index is -0.423. The van der Waals surface area contributed by atoms with Gasteiger partial charge in [0.1, 0.15) is 0 Å². The Morgan fingerprint density at radius 1 is 1.40 bits per heavy atom. The van der Waals surface area contributed by atoms with Crippen LogP contribution in [0.15, 0.2) is 12.4 Å². The summed E-state index contributed by atoms with van der Waals surface area (Å²) in [4.78, 5) is 18.5. The number of methoxy groups -OCH3 is 1. The van der Waals surface area contributed by atoms with Crippen molar-refractivity contribution in [1.82, 2.24) is 9.97 Å². The first-order valence-corrected chi connectivity index (χ1v) is 4.40. The zero-order valence-electron chi connectivity index (χ0n) is 8.60. The van der Waals surface area contributed by atoms with Crippen LogP contribution in [0.1, 0.15) is 6.92 Å². The molecule has 0 radical (unpaired) electrons. The Morgan fingerprint density at radius 3 is 2.60 bits per heavy atom. The van der Waals surface area contributed by atoms with Gasteiger partial charge in [0.2, 0.25) is 0 Å². The van der Waals surface area contributed by atoms with Crippen molar-refractivity contribution < 1.29 is 19.0 Å². The molecule has 0 aliphatic carbocycles. The Hall–Kier alpha value is -1.85. The van der Waals surface area contributed by atoms with Crippen LogP contribution >= 0.6 is 0 Å². The van der Waals surface area contributed by atoms with Crippen LogP contribution in [0.25, 0.3) is 0 Å². The van der Waals surface area contributed by atoms with Crippen LogP contribution in [0.4, 0.5) is 0 Å². The molecule has 1 aromatic heterocycles. The van der Waals surface area contributed by atoms with Gasteiger partial charge in [0, 0.05) is 0 Å². The summed E-state index contributed by atoms with van der Waals surface area (Å²) in [6.45, 7) is 1.92. The lowest BCUT2D eigenvalue weighted by molar-refractivity contribution is -0.145. The number of carbonyl (C=O) groups is 1. The van der Waals surface area contributed by atoms with E-state index in [9.17, 15) is 4.79 Å². The van der Waals surface area contributed by atoms with Crippen molar-refractivity contribution in [2.45, 2.75) is 6.92 Å². The molecule has 0 bridgehead atoms. The van der Waals surface area contributed by atoms with E-state index in [1.54, 1.807) is 6.92 Å². The van der Waals surface area contributed by atoms with Crippen molar-refractivity contribution in [3.63, 3.8) is 0 Å². The van der Waals surface area contributed by atoms with Gasteiger partial charge in [-0.3, -0.25) is 0 Å². The summed E-state index contributed by atoms with van der Waals surface area (Å²) in [6.07, 6.45) is 2.84. The molecule has 1 rings (SSSR count). The van der Waals surface area contributed by atoms with Crippen LogP contribution < -0.4 is 9.47 Å². The standard InChI is InChI=1S/C9H12N2O4/c1-3-14-8(12)6-15-7-4-10-9(13-2)11-5-7/h4-5H,3,6H2,1-2H3. The number of nitrogens with zero attached hydrogens (tertiary/aromatic N) is 2. The molecule has 0 spiro atoms. The molecule has 0 saturated carbocycles. The van der Waals surface area contributed by atoms with Crippen LogP contribution in [0.2, 0.25) is 0 Å². The third kappa shape index (κ3) is 3.80. The number of carbonyl (C=O) groups excluding carboxylic acids is 1. The highest BCUT2D eigenvalue weighted by Crippen LogP contribution is 2.09. The summed E-state index contributed by atoms with van der Waals surface area (Å²) >= 11 is 0. The summed E-state index contributed by atoms with van der Waals surface area (Å²) in [5.41, 5.74) is 0. The third-order valence-electron chi connectivity index (χ3n) is 1.45. The normalized spacial score (nSPS) is 9.47. The highest BCUT2D eigenvalue weighted by Gasteiger charge is 2.03. The molecule has 1 heterocycles. The van der Waals surface area contributed by atoms with Crippen molar-refractivity contribution >= 4 is 5.97 Å². The van der Waals surface area contributed by atoms with Crippen LogP contribution in [0.3, 0.4) is 0 Å². The van der Waals surface area contributed by atoms with E-state index < -0.39 is 5.97 Å². The van der Waals surface area contributed by atoms with E-state index in [0.29, 0.717) is 12.4 Å². The van der Waals surface area contributed by atoms with E-state index in [1.165, 1.54) is 19.5 Å². The van der Waals surface area contributed by atoms with E-state index in [1.807, 2.05) is 0 Å². The van der Waals surface area contributed by atoms with E-state index in [-0.39, 0.29) is 12.6 Å². The lowest BCUT2D eigenvalue weighted by atomic mass is 10.6. The van der Waals surface area contributed by atoms with Crippen molar-refractivity contribution in [3.05, 3.63) is 12.4 Å². The maximum atomic E-state index is 10.9. The Morgan fingerprint density at radius 2 is 2.07 bits per heavy atom. The molecule has 6 heteroatoms. The molecule has 0 atom stereocenters. The fourth-order valence-electron chi connectivity index (χ4n) is 0.829. The second-order valence-electron chi connectivity index (χ2n) is 2.50. The molecule has 0 saturated heterocycles. The van der Waals surface area contributed by atoms with Crippen LogP contribution in [0.5, 0.6) is 11.8 Å². The van der Waals surface area contributed by atoms with Gasteiger partial charge in [0.05, 0.1) is 26.1 Å². The molecule has 0 fully saturated rings. The smallest absolute Gasteiger partial charge is 0.344 e. The quantitative estimate of drug-likeness (QED) is 0.659. The van der Waals surface area contributed by atoms with Crippen LogP contribution in [-0.4, -0.2) is 36.3 Å². The molecule has 0 aromatic carbocycles. The fourth-order valence-corrected chi connectivity index (χ4v) is 0.829. The number of hydrogen-bond acceptors (Lipinski definition) is 6. The lowest BCUT2D eigenvalue weighted by Crippen LogP contribution is -2.14. The van der Waals surface area contributed by atoms with E-state index in [2.05, 4.69) is 14.7 Å². The first-order valence-electron chi connectivity index (χ1n) is 4.40. The molecule has 6 nitrogen and oxygen atoms in total. The molecule has 0 aliphatic heterocycles. The number of esters is 1. The molecular weight excluding hydrogens is 200 g/mol. The molecule has 82 valence electrons. The second-order valence-corrected chi connectivity index (χ2v) is 2.50. The maximum Gasteiger partial charge on any atom is 0.344 e. The number of aromatic nitrogens is 2. The Balaban J connectivity index is 2.40. The van der Waals surface area contributed by atoms with Crippen LogP contribution in [-0.2, 0) is 9.53 Å². The fraction of sp³-hybridized carbons (Fsp3) is 0.444. The van der Waals surface area contributed by atoms with Gasteiger partial charge in [0.15, 0.2) is 12.4 Å². The largest absolute Gasteiger partial charge is 0.479 e. The van der Waals surface area contributed by atoms with Gasteiger partial charge in [-0.1, -0.05) is 0 Å². The summed E-state index contributed by atoms with van der Waals surface area (Å²) in [7, 11) is 1.47. The van der Waals surface area contributed by atoms with Crippen molar-refractivity contribution in [2.75, 3.05) is 20.3 Å². The first-order chi connectivity index (χ1) is 7.26. The summed E-state index contributed by atoms with van der Waals surface area (Å²) in [6, 6.07) is 0.249. The van der Waals surface area contributed by atoms with Gasteiger partial charge in [-0.25, -0.2) is 4.79 Å². The number of hydrogen-bond donors (Lipinski definition) is 0. The molecule has 15 heavy (non-hydrogen) atoms. The SMILES string of the molecule is CCOC(=O)COc1cnc(OC)nc1. The third-order valence-corrected chi connectivity index (χ3v) is 1.45. The molecule has 0 amide bonds. The number of ether oxygens (including phenoxy) is 3. The molecular formula is C9H12N2O4. The van der Waals surface area contributed by atoms with E-state index in [4.69, 9.17) is 9.47 Å². The Labute approximate surface area is 87.2 Å². The molecule has 0 unspecified atom stereocenters. The molecule has 0 N–H and O–H groups in total. The van der Waals surface area contributed by atoms with E-state index >= 15 is 0 Å². The Kier molecular flexibility index (Phi) is 4.33. The van der Waals surface area contributed by atoms with E-state index in [0.717, 1.165) is 0 Å². The molecule has 0 aliphatic rings. The topological polar surface area (TPSA) is 70.5 Å². The van der Waals surface area contributed by atoms with Gasteiger partial charge in [-0.2, -0.15) is 9.97 Å². The Bertz CT molecular complexity index is 312. The van der Waals surface area contributed by atoms with Crippen LogP contribution in [0, 0.1) is 0 Å². The summed E-state index contributed by atoms with van der Waals surface area (Å²) < 4.78 is 14.5. The predicted octanol–water partition coefficient (Wildman–Crippen LogP) is 0.427. The molecule has 1 aromatic rings. The van der Waals surface area contributed by atoms with Gasteiger partial charge < -0.3 is 14.2 Å². The number of rotatable bonds is 5. The zero-order valence-corrected chi connectivity index (χ0v) is 8.60. The predicted molar refractivity (Wildman–Crippen MR) is 50.7 cm³/mol. The van der Waals surface area contributed by atoms with Gasteiger partial charge in [0.25, 0.3) is 0 Å². The lowest BCUT2D eigenvalue weighted by Gasteiger charge is -2.04. The van der Waals surface area contributed by atoms with Gasteiger partial charge >= 0.3 is 12.0 Å². The minimum absolute atomic E-state index is 0.149. The van der Waals surface area contributed by atoms with Gasteiger partial charge in [-0.05, 0) is 6.92 Å². The second kappa shape index (κ2) is 5.79. The summed E-state index contributed by atoms with van der Waals surface area (Å²) in [5, 5.41) is 0. The van der Waals surface area contributed by atoms with Gasteiger partial charge in [-0.15, -0.1) is 0 Å². The highest BCUT2D eigenvalue weighted by atomic mass is 16.6. The average molecular weight is 212 g/mol. The van der Waals surface area contributed by atoms with Crippen molar-refractivity contribution in [3.8, 4) is 11.8 Å². The zero-order chi connectivity index (χ0) is 11.1. The summed E-state index contributed by atoms with van der Waals surface area (Å²) in [5.74, 6) is -0.0304. The highest BCUT2D eigenvalue weighted by molar-refractivity contribution is 5.71. The maximum absolute atomic E-state index is 10.9. The van der Waals surface area contributed by atoms with Crippen molar-refractivity contribution in [2.24, 2.45) is 0 Å². The minimum Gasteiger partial charge on any atom is -0.479 e. The van der Waals surface area contributed by atoms with Crippen molar-refractivity contribution in [1.29, 1.82) is 0 Å².